The van der Waals surface area contributed by atoms with Crippen LogP contribution < -0.4 is 9.47 Å². The van der Waals surface area contributed by atoms with Gasteiger partial charge in [-0.25, -0.2) is 4.98 Å². The smallest absolute Gasteiger partial charge is 0.275 e. The maximum absolute atomic E-state index is 12.3. The maximum atomic E-state index is 12.3. The molecule has 0 N–H and O–H groups in total. The van der Waals surface area contributed by atoms with E-state index in [1.807, 2.05) is 0 Å². The number of nitrogens with zero attached hydrogens (tertiary/aromatic N) is 3. The second-order valence-electron chi connectivity index (χ2n) is 5.23. The first-order chi connectivity index (χ1) is 12.2. The van der Waals surface area contributed by atoms with E-state index in [4.69, 9.17) is 18.4 Å². The Labute approximate surface area is 143 Å². The topological polar surface area (TPSA) is 90.8 Å². The highest BCUT2D eigenvalue weighted by Crippen LogP contribution is 2.18. The van der Waals surface area contributed by atoms with Crippen molar-refractivity contribution >= 4 is 5.91 Å². The van der Waals surface area contributed by atoms with E-state index in [9.17, 15) is 4.79 Å². The fourth-order valence-electron chi connectivity index (χ4n) is 2.12. The molecule has 25 heavy (non-hydrogen) atoms. The highest BCUT2D eigenvalue weighted by molar-refractivity contribution is 5.91. The molecular weight excluding hydrogens is 326 g/mol. The van der Waals surface area contributed by atoms with Gasteiger partial charge in [-0.05, 0) is 24.3 Å². The number of hydrogen-bond acceptors (Lipinski definition) is 7. The standard InChI is InChI=1S/C17H17N3O5/c1-20(9-14-7-8-18-25-14)17(21)15-10-24-16(19-15)11-23-13-5-3-12(22-2)4-6-13/h3-8,10H,9,11H2,1-2H3. The van der Waals surface area contributed by atoms with Gasteiger partial charge >= 0.3 is 0 Å². The minimum atomic E-state index is -0.282. The molecule has 0 saturated carbocycles. The van der Waals surface area contributed by atoms with Gasteiger partial charge < -0.3 is 23.3 Å². The minimum Gasteiger partial charge on any atom is -0.497 e. The molecule has 0 saturated heterocycles. The summed E-state index contributed by atoms with van der Waals surface area (Å²) in [5, 5.41) is 3.60. The predicted molar refractivity (Wildman–Crippen MR) is 86.1 cm³/mol. The molecule has 8 heteroatoms. The van der Waals surface area contributed by atoms with Gasteiger partial charge in [0.1, 0.15) is 17.8 Å². The molecule has 130 valence electrons. The number of benzene rings is 1. The summed E-state index contributed by atoms with van der Waals surface area (Å²) in [5.74, 6) is 2.01. The molecule has 0 bridgehead atoms. The van der Waals surface area contributed by atoms with Crippen molar-refractivity contribution in [2.24, 2.45) is 0 Å². The molecule has 0 aliphatic heterocycles. The van der Waals surface area contributed by atoms with Crippen molar-refractivity contribution in [1.82, 2.24) is 15.0 Å². The number of ether oxygens (including phenoxy) is 2. The van der Waals surface area contributed by atoms with Crippen molar-refractivity contribution < 1.29 is 23.2 Å². The van der Waals surface area contributed by atoms with E-state index in [1.54, 1.807) is 44.5 Å². The number of rotatable bonds is 7. The number of hydrogen-bond donors (Lipinski definition) is 0. The van der Waals surface area contributed by atoms with Crippen molar-refractivity contribution in [2.75, 3.05) is 14.2 Å². The van der Waals surface area contributed by atoms with Gasteiger partial charge in [0.15, 0.2) is 18.1 Å². The zero-order valence-electron chi connectivity index (χ0n) is 13.8. The highest BCUT2D eigenvalue weighted by Gasteiger charge is 2.18. The van der Waals surface area contributed by atoms with Gasteiger partial charge in [0.05, 0.1) is 19.9 Å². The van der Waals surface area contributed by atoms with Crippen LogP contribution in [0.4, 0.5) is 0 Å². The number of aromatic nitrogens is 2. The molecule has 0 aliphatic rings. The largest absolute Gasteiger partial charge is 0.497 e. The lowest BCUT2D eigenvalue weighted by Gasteiger charge is -2.12. The average Bonchev–Trinajstić information content (AvgIpc) is 3.31. The Kier molecular flexibility index (Phi) is 4.98. The summed E-state index contributed by atoms with van der Waals surface area (Å²) >= 11 is 0. The Morgan fingerprint density at radius 1 is 1.20 bits per heavy atom. The SMILES string of the molecule is COc1ccc(OCc2nc(C(=O)N(C)Cc3ccno3)co2)cc1. The van der Waals surface area contributed by atoms with Crippen LogP contribution in [0.3, 0.4) is 0 Å². The fourth-order valence-corrected chi connectivity index (χ4v) is 2.12. The maximum Gasteiger partial charge on any atom is 0.275 e. The normalized spacial score (nSPS) is 10.5. The Morgan fingerprint density at radius 2 is 1.96 bits per heavy atom. The van der Waals surface area contributed by atoms with E-state index in [2.05, 4.69) is 10.1 Å². The Balaban J connectivity index is 1.56. The Morgan fingerprint density at radius 3 is 2.64 bits per heavy atom. The molecule has 3 aromatic rings. The summed E-state index contributed by atoms with van der Waals surface area (Å²) in [7, 11) is 3.24. The molecule has 3 rings (SSSR count). The van der Waals surface area contributed by atoms with Crippen LogP contribution in [0.1, 0.15) is 22.1 Å². The van der Waals surface area contributed by atoms with E-state index in [0.717, 1.165) is 5.75 Å². The fraction of sp³-hybridized carbons (Fsp3) is 0.235. The van der Waals surface area contributed by atoms with Gasteiger partial charge in [-0.15, -0.1) is 0 Å². The van der Waals surface area contributed by atoms with Crippen molar-refractivity contribution in [2.45, 2.75) is 13.2 Å². The van der Waals surface area contributed by atoms with E-state index >= 15 is 0 Å². The number of methoxy groups -OCH3 is 1. The summed E-state index contributed by atoms with van der Waals surface area (Å²) in [6.07, 6.45) is 2.84. The van der Waals surface area contributed by atoms with Crippen LogP contribution in [0.5, 0.6) is 11.5 Å². The molecule has 2 heterocycles. The molecule has 0 radical (unpaired) electrons. The van der Waals surface area contributed by atoms with Crippen LogP contribution in [0.25, 0.3) is 0 Å². The summed E-state index contributed by atoms with van der Waals surface area (Å²) in [6, 6.07) is 8.83. The third-order valence-electron chi connectivity index (χ3n) is 3.42. The van der Waals surface area contributed by atoms with Crippen LogP contribution in [0.2, 0.25) is 0 Å². The third kappa shape index (κ3) is 4.17. The molecule has 0 spiro atoms. The lowest BCUT2D eigenvalue weighted by molar-refractivity contribution is 0.0766. The second-order valence-corrected chi connectivity index (χ2v) is 5.23. The molecule has 2 aromatic heterocycles. The van der Waals surface area contributed by atoms with E-state index < -0.39 is 0 Å². The van der Waals surface area contributed by atoms with Gasteiger partial charge in [-0.1, -0.05) is 5.16 Å². The number of carbonyl (C=O) groups is 1. The zero-order valence-corrected chi connectivity index (χ0v) is 13.8. The van der Waals surface area contributed by atoms with Gasteiger partial charge in [0, 0.05) is 13.1 Å². The molecule has 0 atom stereocenters. The van der Waals surface area contributed by atoms with Crippen LogP contribution >= 0.6 is 0 Å². The summed E-state index contributed by atoms with van der Waals surface area (Å²) in [5.41, 5.74) is 0.204. The van der Waals surface area contributed by atoms with E-state index in [1.165, 1.54) is 17.4 Å². The average molecular weight is 343 g/mol. The number of carbonyl (C=O) groups excluding carboxylic acids is 1. The number of oxazole rings is 1. The second kappa shape index (κ2) is 7.52. The van der Waals surface area contributed by atoms with Gasteiger partial charge in [-0.3, -0.25) is 4.79 Å². The van der Waals surface area contributed by atoms with Crippen LogP contribution in [-0.2, 0) is 13.2 Å². The predicted octanol–water partition coefficient (Wildman–Crippen LogP) is 2.52. The third-order valence-corrected chi connectivity index (χ3v) is 3.42. The molecule has 8 nitrogen and oxygen atoms in total. The Bertz CT molecular complexity index is 811. The molecular formula is C17H17N3O5. The van der Waals surface area contributed by atoms with Gasteiger partial charge in [-0.2, -0.15) is 0 Å². The first-order valence-corrected chi connectivity index (χ1v) is 7.52. The van der Waals surface area contributed by atoms with Crippen molar-refractivity contribution in [3.05, 3.63) is 60.1 Å². The first kappa shape index (κ1) is 16.6. The number of amides is 1. The molecule has 1 aromatic carbocycles. The lowest BCUT2D eigenvalue weighted by Crippen LogP contribution is -2.26. The summed E-state index contributed by atoms with van der Waals surface area (Å²) in [4.78, 5) is 17.9. The lowest BCUT2D eigenvalue weighted by atomic mass is 10.3. The molecule has 0 unspecified atom stereocenters. The highest BCUT2D eigenvalue weighted by atomic mass is 16.5. The quantitative estimate of drug-likeness (QED) is 0.651. The van der Waals surface area contributed by atoms with Crippen molar-refractivity contribution in [3.8, 4) is 11.5 Å². The summed E-state index contributed by atoms with van der Waals surface area (Å²) in [6.45, 7) is 0.412. The minimum absolute atomic E-state index is 0.116. The molecule has 0 fully saturated rings. The molecule has 0 aliphatic carbocycles. The van der Waals surface area contributed by atoms with Gasteiger partial charge in [0.2, 0.25) is 5.89 Å². The Hall–Kier alpha value is -3.29. The van der Waals surface area contributed by atoms with Crippen molar-refractivity contribution in [3.63, 3.8) is 0 Å². The first-order valence-electron chi connectivity index (χ1n) is 7.52. The van der Waals surface area contributed by atoms with Crippen molar-refractivity contribution in [1.29, 1.82) is 0 Å². The van der Waals surface area contributed by atoms with Crippen LogP contribution in [-0.4, -0.2) is 35.1 Å². The van der Waals surface area contributed by atoms with Crippen LogP contribution in [0, 0.1) is 0 Å². The zero-order chi connectivity index (χ0) is 17.6. The molecule has 1 amide bonds. The van der Waals surface area contributed by atoms with E-state index in [-0.39, 0.29) is 18.2 Å². The monoisotopic (exact) mass is 343 g/mol. The van der Waals surface area contributed by atoms with E-state index in [0.29, 0.717) is 23.9 Å². The van der Waals surface area contributed by atoms with Crippen LogP contribution in [0.15, 0.2) is 51.7 Å². The summed E-state index contributed by atoms with van der Waals surface area (Å²) < 4.78 is 20.9. The van der Waals surface area contributed by atoms with Gasteiger partial charge in [0.25, 0.3) is 5.91 Å².